The minimum Gasteiger partial charge on any atom is -0.481 e. The van der Waals surface area contributed by atoms with Crippen molar-refractivity contribution in [1.82, 2.24) is 0 Å². The van der Waals surface area contributed by atoms with Gasteiger partial charge in [-0.05, 0) is 27.6 Å². The molecule has 0 heterocycles. The number of nitrogen functional groups attached to an aromatic ring is 1. The molecule has 0 aliphatic heterocycles. The maximum Gasteiger partial charge on any atom is 0.307 e. The highest BCUT2D eigenvalue weighted by molar-refractivity contribution is 9.10. The summed E-state index contributed by atoms with van der Waals surface area (Å²) in [7, 11) is 0. The number of aliphatic carboxylic acids is 1. The fourth-order valence-electron chi connectivity index (χ4n) is 1.04. The third kappa shape index (κ3) is 2.43. The van der Waals surface area contributed by atoms with Gasteiger partial charge in [0, 0.05) is 4.47 Å². The number of halogens is 1. The van der Waals surface area contributed by atoms with Crippen molar-refractivity contribution >= 4 is 27.6 Å². The summed E-state index contributed by atoms with van der Waals surface area (Å²) in [6.45, 7) is 0. The number of nitrogens with one attached hydrogen (secondary N) is 1. The lowest BCUT2D eigenvalue weighted by Gasteiger charge is -2.08. The molecule has 0 radical (unpaired) electrons. The van der Waals surface area contributed by atoms with E-state index < -0.39 is 5.97 Å². The fraction of sp³-hybridized carbons (Fsp3) is 0.125. The van der Waals surface area contributed by atoms with Crippen molar-refractivity contribution in [1.29, 1.82) is 0 Å². The number of hydrazine groups is 1. The highest BCUT2D eigenvalue weighted by Crippen LogP contribution is 2.25. The fourth-order valence-corrected chi connectivity index (χ4v) is 1.56. The number of benzene rings is 1. The van der Waals surface area contributed by atoms with Crippen molar-refractivity contribution in [2.45, 2.75) is 6.42 Å². The van der Waals surface area contributed by atoms with Crippen molar-refractivity contribution in [2.24, 2.45) is 5.84 Å². The summed E-state index contributed by atoms with van der Waals surface area (Å²) < 4.78 is 0.758. The third-order valence-corrected chi connectivity index (χ3v) is 2.25. The van der Waals surface area contributed by atoms with Crippen molar-refractivity contribution in [3.05, 3.63) is 28.2 Å². The molecule has 0 atom stereocenters. The Bertz CT molecular complexity index is 328. The first-order valence-corrected chi connectivity index (χ1v) is 4.40. The molecule has 0 saturated heterocycles. The second-order valence-corrected chi connectivity index (χ2v) is 3.34. The van der Waals surface area contributed by atoms with Gasteiger partial charge in [0.2, 0.25) is 0 Å². The van der Waals surface area contributed by atoms with E-state index in [1.165, 1.54) is 0 Å². The predicted molar refractivity (Wildman–Crippen MR) is 53.3 cm³/mol. The maximum absolute atomic E-state index is 10.5. The van der Waals surface area contributed by atoms with E-state index >= 15 is 0 Å². The summed E-state index contributed by atoms with van der Waals surface area (Å²) in [5.41, 5.74) is 3.73. The first-order valence-electron chi connectivity index (χ1n) is 3.61. The number of carbonyl (C=O) groups is 1. The molecule has 0 saturated carbocycles. The monoisotopic (exact) mass is 244 g/mol. The lowest BCUT2D eigenvalue weighted by atomic mass is 10.1. The number of anilines is 1. The molecular formula is C8H9BrN2O2. The van der Waals surface area contributed by atoms with Gasteiger partial charge in [-0.25, -0.2) is 0 Å². The van der Waals surface area contributed by atoms with Crippen LogP contribution in [-0.2, 0) is 11.2 Å². The molecule has 4 N–H and O–H groups in total. The van der Waals surface area contributed by atoms with Crippen molar-refractivity contribution < 1.29 is 9.90 Å². The molecule has 13 heavy (non-hydrogen) atoms. The van der Waals surface area contributed by atoms with E-state index in [2.05, 4.69) is 21.4 Å². The van der Waals surface area contributed by atoms with Crippen LogP contribution in [0, 0.1) is 0 Å². The van der Waals surface area contributed by atoms with E-state index in [4.69, 9.17) is 10.9 Å². The zero-order valence-electron chi connectivity index (χ0n) is 6.75. The van der Waals surface area contributed by atoms with E-state index in [-0.39, 0.29) is 6.42 Å². The molecule has 0 amide bonds. The van der Waals surface area contributed by atoms with Crippen LogP contribution in [0.3, 0.4) is 0 Å². The summed E-state index contributed by atoms with van der Waals surface area (Å²) in [6.07, 6.45) is -0.0427. The SMILES string of the molecule is NNc1c(Br)cccc1CC(=O)O. The van der Waals surface area contributed by atoms with Crippen LogP contribution in [0.25, 0.3) is 0 Å². The lowest BCUT2D eigenvalue weighted by molar-refractivity contribution is -0.136. The van der Waals surface area contributed by atoms with Gasteiger partial charge in [-0.1, -0.05) is 12.1 Å². The Morgan fingerprint density at radius 2 is 2.31 bits per heavy atom. The number of carboxylic acid groups (broad SMARTS) is 1. The summed E-state index contributed by atoms with van der Waals surface area (Å²) in [5, 5.41) is 8.59. The second kappa shape index (κ2) is 4.25. The molecule has 1 rings (SSSR count). The largest absolute Gasteiger partial charge is 0.481 e. The Hall–Kier alpha value is -1.07. The predicted octanol–water partition coefficient (Wildman–Crippen LogP) is 1.36. The van der Waals surface area contributed by atoms with Gasteiger partial charge in [-0.3, -0.25) is 10.6 Å². The Kier molecular flexibility index (Phi) is 3.27. The number of rotatable bonds is 3. The lowest BCUT2D eigenvalue weighted by Crippen LogP contribution is -2.12. The Balaban J connectivity index is 3.05. The molecule has 5 heteroatoms. The Morgan fingerprint density at radius 3 is 2.85 bits per heavy atom. The molecule has 1 aromatic carbocycles. The zero-order chi connectivity index (χ0) is 9.84. The first kappa shape index (κ1) is 10.0. The van der Waals surface area contributed by atoms with E-state index in [9.17, 15) is 4.79 Å². The number of hydrogen-bond donors (Lipinski definition) is 3. The Morgan fingerprint density at radius 1 is 1.62 bits per heavy atom. The molecule has 0 unspecified atom stereocenters. The van der Waals surface area contributed by atoms with Gasteiger partial charge in [-0.2, -0.15) is 0 Å². The quantitative estimate of drug-likeness (QED) is 0.555. The molecule has 0 bridgehead atoms. The molecule has 0 fully saturated rings. The van der Waals surface area contributed by atoms with Gasteiger partial charge in [0.1, 0.15) is 0 Å². The average molecular weight is 245 g/mol. The molecule has 4 nitrogen and oxygen atoms in total. The standard InChI is InChI=1S/C8H9BrN2O2/c9-6-3-1-2-5(4-7(12)13)8(6)11-10/h1-3,11H,4,10H2,(H,12,13). The zero-order valence-corrected chi connectivity index (χ0v) is 8.34. The highest BCUT2D eigenvalue weighted by Gasteiger charge is 2.07. The van der Waals surface area contributed by atoms with E-state index in [0.29, 0.717) is 11.3 Å². The number of nitrogens with two attached hydrogens (primary N) is 1. The number of carboxylic acids is 1. The topological polar surface area (TPSA) is 75.3 Å². The van der Waals surface area contributed by atoms with Crippen molar-refractivity contribution in [2.75, 3.05) is 5.43 Å². The van der Waals surface area contributed by atoms with Crippen LogP contribution in [-0.4, -0.2) is 11.1 Å². The van der Waals surface area contributed by atoms with Crippen molar-refractivity contribution in [3.63, 3.8) is 0 Å². The minimum atomic E-state index is -0.880. The molecular weight excluding hydrogens is 236 g/mol. The van der Waals surface area contributed by atoms with Gasteiger partial charge in [0.05, 0.1) is 12.1 Å². The number of para-hydroxylation sites is 1. The summed E-state index contributed by atoms with van der Waals surface area (Å²) in [4.78, 5) is 10.5. The van der Waals surface area contributed by atoms with Gasteiger partial charge in [0.25, 0.3) is 0 Å². The molecule has 70 valence electrons. The Labute approximate surface area is 83.8 Å². The van der Waals surface area contributed by atoms with Gasteiger partial charge in [-0.15, -0.1) is 0 Å². The van der Waals surface area contributed by atoms with Crippen LogP contribution < -0.4 is 11.3 Å². The normalized spacial score (nSPS) is 9.69. The molecule has 1 aromatic rings. The minimum absolute atomic E-state index is 0.0427. The van der Waals surface area contributed by atoms with Gasteiger partial charge >= 0.3 is 5.97 Å². The van der Waals surface area contributed by atoms with Crippen molar-refractivity contribution in [3.8, 4) is 0 Å². The van der Waals surface area contributed by atoms with Crippen LogP contribution in [0.1, 0.15) is 5.56 Å². The summed E-state index contributed by atoms with van der Waals surface area (Å²) in [6, 6.07) is 5.28. The van der Waals surface area contributed by atoms with Crippen LogP contribution in [0.5, 0.6) is 0 Å². The van der Waals surface area contributed by atoms with E-state index in [1.54, 1.807) is 18.2 Å². The van der Waals surface area contributed by atoms with Crippen LogP contribution in [0.2, 0.25) is 0 Å². The first-order chi connectivity index (χ1) is 6.15. The van der Waals surface area contributed by atoms with E-state index in [1.807, 2.05) is 0 Å². The average Bonchev–Trinajstić information content (AvgIpc) is 2.03. The second-order valence-electron chi connectivity index (χ2n) is 2.49. The summed E-state index contributed by atoms with van der Waals surface area (Å²) >= 11 is 3.26. The molecule has 0 aliphatic rings. The molecule has 0 aliphatic carbocycles. The van der Waals surface area contributed by atoms with Crippen LogP contribution >= 0.6 is 15.9 Å². The smallest absolute Gasteiger partial charge is 0.307 e. The number of hydrogen-bond acceptors (Lipinski definition) is 3. The van der Waals surface area contributed by atoms with E-state index in [0.717, 1.165) is 4.47 Å². The van der Waals surface area contributed by atoms with Crippen LogP contribution in [0.15, 0.2) is 22.7 Å². The molecule has 0 aromatic heterocycles. The third-order valence-electron chi connectivity index (χ3n) is 1.59. The van der Waals surface area contributed by atoms with Gasteiger partial charge < -0.3 is 10.5 Å². The van der Waals surface area contributed by atoms with Gasteiger partial charge in [0.15, 0.2) is 0 Å². The highest BCUT2D eigenvalue weighted by atomic mass is 79.9. The maximum atomic E-state index is 10.5. The molecule has 0 spiro atoms. The van der Waals surface area contributed by atoms with Crippen LogP contribution in [0.4, 0.5) is 5.69 Å². The summed E-state index contributed by atoms with van der Waals surface area (Å²) in [5.74, 6) is 4.37.